The van der Waals surface area contributed by atoms with Crippen LogP contribution in [0.3, 0.4) is 0 Å². The molecule has 26 heavy (non-hydrogen) atoms. The van der Waals surface area contributed by atoms with Crippen LogP contribution < -0.4 is 10.1 Å². The third kappa shape index (κ3) is 3.81. The number of piperidine rings is 1. The van der Waals surface area contributed by atoms with E-state index in [1.54, 1.807) is 0 Å². The summed E-state index contributed by atoms with van der Waals surface area (Å²) in [5, 5.41) is 3.54. The van der Waals surface area contributed by atoms with E-state index in [-0.39, 0.29) is 0 Å². The molecule has 0 aliphatic carbocycles. The van der Waals surface area contributed by atoms with Gasteiger partial charge in [0.25, 0.3) is 0 Å². The molecule has 3 aromatic rings. The molecule has 3 aromatic carbocycles. The lowest BCUT2D eigenvalue weighted by molar-refractivity contribution is 0.197. The van der Waals surface area contributed by atoms with E-state index in [1.807, 2.05) is 6.07 Å². The maximum absolute atomic E-state index is 6.34. The lowest BCUT2D eigenvalue weighted by Gasteiger charge is -2.32. The molecule has 0 radical (unpaired) electrons. The fourth-order valence-corrected chi connectivity index (χ4v) is 3.88. The van der Waals surface area contributed by atoms with Gasteiger partial charge in [0.2, 0.25) is 0 Å². The van der Waals surface area contributed by atoms with Crippen molar-refractivity contribution in [3.63, 3.8) is 0 Å². The first-order chi connectivity index (χ1) is 12.9. The summed E-state index contributed by atoms with van der Waals surface area (Å²) in [6.07, 6.45) is 1.17. The minimum atomic E-state index is 0.481. The average Bonchev–Trinajstić information content (AvgIpc) is 2.74. The number of benzene rings is 3. The molecular formula is C24H25NO. The normalized spacial score (nSPS) is 19.8. The Kier molecular flexibility index (Phi) is 5.32. The Morgan fingerprint density at radius 2 is 1.50 bits per heavy atom. The van der Waals surface area contributed by atoms with Crippen molar-refractivity contribution >= 4 is 0 Å². The van der Waals surface area contributed by atoms with E-state index in [9.17, 15) is 0 Å². The van der Waals surface area contributed by atoms with Gasteiger partial charge < -0.3 is 10.1 Å². The van der Waals surface area contributed by atoms with Gasteiger partial charge in [0.15, 0.2) is 0 Å². The van der Waals surface area contributed by atoms with Crippen molar-refractivity contribution < 1.29 is 4.74 Å². The second kappa shape index (κ2) is 8.20. The summed E-state index contributed by atoms with van der Waals surface area (Å²) in [5.41, 5.74) is 3.79. The van der Waals surface area contributed by atoms with Gasteiger partial charge >= 0.3 is 0 Å². The van der Waals surface area contributed by atoms with E-state index in [4.69, 9.17) is 4.74 Å². The summed E-state index contributed by atoms with van der Waals surface area (Å²) in [6, 6.07) is 29.7. The predicted octanol–water partition coefficient (Wildman–Crippen LogP) is 5.13. The second-order valence-corrected chi connectivity index (χ2v) is 6.94. The van der Waals surface area contributed by atoms with Crippen LogP contribution in [0.1, 0.15) is 17.9 Å². The molecule has 1 heterocycles. The van der Waals surface area contributed by atoms with Crippen molar-refractivity contribution in [2.24, 2.45) is 5.92 Å². The van der Waals surface area contributed by atoms with Gasteiger partial charge in [0.05, 0.1) is 6.61 Å². The Hall–Kier alpha value is -2.58. The van der Waals surface area contributed by atoms with Crippen LogP contribution in [0.15, 0.2) is 84.9 Å². The van der Waals surface area contributed by atoms with Gasteiger partial charge in [-0.25, -0.2) is 0 Å². The summed E-state index contributed by atoms with van der Waals surface area (Å²) in [5.74, 6) is 2.01. The second-order valence-electron chi connectivity index (χ2n) is 6.94. The number of rotatable bonds is 5. The molecule has 0 saturated carbocycles. The summed E-state index contributed by atoms with van der Waals surface area (Å²) in [6.45, 7) is 2.82. The van der Waals surface area contributed by atoms with Crippen molar-refractivity contribution in [3.8, 4) is 16.9 Å². The number of nitrogens with one attached hydrogen (secondary N) is 1. The fourth-order valence-electron chi connectivity index (χ4n) is 3.88. The molecule has 4 rings (SSSR count). The van der Waals surface area contributed by atoms with Crippen LogP contribution in [0, 0.1) is 5.92 Å². The predicted molar refractivity (Wildman–Crippen MR) is 108 cm³/mol. The van der Waals surface area contributed by atoms with Crippen LogP contribution >= 0.6 is 0 Å². The first kappa shape index (κ1) is 16.9. The molecular weight excluding hydrogens is 318 g/mol. The van der Waals surface area contributed by atoms with E-state index in [0.717, 1.165) is 31.0 Å². The third-order valence-electron chi connectivity index (χ3n) is 5.26. The zero-order valence-electron chi connectivity index (χ0n) is 15.0. The van der Waals surface area contributed by atoms with Crippen LogP contribution in [0.4, 0.5) is 0 Å². The van der Waals surface area contributed by atoms with Gasteiger partial charge in [-0.2, -0.15) is 0 Å². The molecule has 1 aliphatic rings. The molecule has 1 N–H and O–H groups in total. The molecule has 0 amide bonds. The number of ether oxygens (including phenoxy) is 1. The van der Waals surface area contributed by atoms with Crippen LogP contribution in [-0.4, -0.2) is 19.7 Å². The first-order valence-corrected chi connectivity index (χ1v) is 9.45. The zero-order chi connectivity index (χ0) is 17.6. The molecule has 0 aromatic heterocycles. The number of para-hydroxylation sites is 1. The highest BCUT2D eigenvalue weighted by Gasteiger charge is 2.27. The van der Waals surface area contributed by atoms with Crippen molar-refractivity contribution in [2.75, 3.05) is 19.7 Å². The van der Waals surface area contributed by atoms with Crippen LogP contribution in [0.2, 0.25) is 0 Å². The van der Waals surface area contributed by atoms with E-state index in [2.05, 4.69) is 84.2 Å². The molecule has 2 atom stereocenters. The van der Waals surface area contributed by atoms with E-state index in [1.165, 1.54) is 17.5 Å². The SMILES string of the molecule is c1ccc(-c2ccccc2OC[C@H]2CNCC[C@@H]2c2ccccc2)cc1. The third-order valence-corrected chi connectivity index (χ3v) is 5.26. The molecule has 1 fully saturated rings. The molecule has 132 valence electrons. The van der Waals surface area contributed by atoms with Gasteiger partial charge in [-0.15, -0.1) is 0 Å². The summed E-state index contributed by atoms with van der Waals surface area (Å²) in [4.78, 5) is 0. The Balaban J connectivity index is 1.52. The molecule has 1 saturated heterocycles. The maximum Gasteiger partial charge on any atom is 0.127 e. The van der Waals surface area contributed by atoms with Gasteiger partial charge in [0.1, 0.15) is 5.75 Å². The highest BCUT2D eigenvalue weighted by atomic mass is 16.5. The van der Waals surface area contributed by atoms with E-state index in [0.29, 0.717) is 11.8 Å². The smallest absolute Gasteiger partial charge is 0.127 e. The van der Waals surface area contributed by atoms with Crippen molar-refractivity contribution in [1.29, 1.82) is 0 Å². The van der Waals surface area contributed by atoms with Crippen LogP contribution in [0.5, 0.6) is 5.75 Å². The topological polar surface area (TPSA) is 21.3 Å². The molecule has 0 spiro atoms. The lowest BCUT2D eigenvalue weighted by atomic mass is 9.81. The maximum atomic E-state index is 6.34. The largest absolute Gasteiger partial charge is 0.493 e. The standard InChI is InChI=1S/C24H25NO/c1-3-9-19(10-4-1)22-15-16-25-17-21(22)18-26-24-14-8-7-13-23(24)20-11-5-2-6-12-20/h1-14,21-22,25H,15-18H2/t21-,22-/m1/s1. The van der Waals surface area contributed by atoms with Crippen LogP contribution in [-0.2, 0) is 0 Å². The first-order valence-electron chi connectivity index (χ1n) is 9.45. The number of hydrogen-bond donors (Lipinski definition) is 1. The average molecular weight is 343 g/mol. The lowest BCUT2D eigenvalue weighted by Crippen LogP contribution is -2.38. The Morgan fingerprint density at radius 3 is 2.31 bits per heavy atom. The quantitative estimate of drug-likeness (QED) is 0.694. The van der Waals surface area contributed by atoms with Crippen molar-refractivity contribution in [3.05, 3.63) is 90.5 Å². The van der Waals surface area contributed by atoms with Gasteiger partial charge in [-0.1, -0.05) is 78.9 Å². The monoisotopic (exact) mass is 343 g/mol. The molecule has 2 heteroatoms. The van der Waals surface area contributed by atoms with Gasteiger partial charge in [0, 0.05) is 18.0 Å². The minimum absolute atomic E-state index is 0.481. The fraction of sp³-hybridized carbons (Fsp3) is 0.250. The summed E-state index contributed by atoms with van der Waals surface area (Å²) >= 11 is 0. The van der Waals surface area contributed by atoms with Crippen molar-refractivity contribution in [2.45, 2.75) is 12.3 Å². The molecule has 2 nitrogen and oxygen atoms in total. The molecule has 0 bridgehead atoms. The Morgan fingerprint density at radius 1 is 0.808 bits per heavy atom. The van der Waals surface area contributed by atoms with Gasteiger partial charge in [-0.3, -0.25) is 0 Å². The van der Waals surface area contributed by atoms with E-state index >= 15 is 0 Å². The van der Waals surface area contributed by atoms with Gasteiger partial charge in [-0.05, 0) is 36.1 Å². The Bertz CT molecular complexity index is 816. The molecule has 0 unspecified atom stereocenters. The zero-order valence-corrected chi connectivity index (χ0v) is 15.0. The highest BCUT2D eigenvalue weighted by Crippen LogP contribution is 2.33. The van der Waals surface area contributed by atoms with Crippen LogP contribution in [0.25, 0.3) is 11.1 Å². The Labute approximate surface area is 155 Å². The van der Waals surface area contributed by atoms with E-state index < -0.39 is 0 Å². The minimum Gasteiger partial charge on any atom is -0.493 e. The number of hydrogen-bond acceptors (Lipinski definition) is 2. The summed E-state index contributed by atoms with van der Waals surface area (Å²) < 4.78 is 6.34. The highest BCUT2D eigenvalue weighted by molar-refractivity contribution is 5.70. The van der Waals surface area contributed by atoms with Crippen molar-refractivity contribution in [1.82, 2.24) is 5.32 Å². The summed E-state index contributed by atoms with van der Waals surface area (Å²) in [7, 11) is 0. The molecule has 1 aliphatic heterocycles.